The first-order valence-corrected chi connectivity index (χ1v) is 22.5. The Hall–Kier alpha value is -5.80. The van der Waals surface area contributed by atoms with Gasteiger partial charge in [-0.1, -0.05) is 187 Å². The number of rotatable bonds is 4. The molecule has 11 rings (SSSR count). The maximum absolute atomic E-state index is 2.47. The lowest BCUT2D eigenvalue weighted by Crippen LogP contribution is -2.10. The second-order valence-corrected chi connectivity index (χ2v) is 20.5. The summed E-state index contributed by atoms with van der Waals surface area (Å²) in [5, 5.41) is 5.34. The number of thiophene rings is 2. The Morgan fingerprint density at radius 2 is 0.627 bits per heavy atom. The maximum atomic E-state index is 2.47. The van der Waals surface area contributed by atoms with Gasteiger partial charge in [0.2, 0.25) is 0 Å². The average Bonchev–Trinajstić information content (AvgIpc) is 3.94. The zero-order valence-corrected chi connectivity index (χ0v) is 36.2. The van der Waals surface area contributed by atoms with Crippen LogP contribution in [-0.2, 0) is 17.3 Å². The highest BCUT2D eigenvalue weighted by Crippen LogP contribution is 2.48. The Balaban J connectivity index is 0.988. The van der Waals surface area contributed by atoms with Crippen molar-refractivity contribution in [3.8, 4) is 55.6 Å². The van der Waals surface area contributed by atoms with Gasteiger partial charge < -0.3 is 0 Å². The van der Waals surface area contributed by atoms with Crippen molar-refractivity contribution in [2.24, 2.45) is 0 Å². The normalized spacial score (nSPS) is 12.8. The smallest absolute Gasteiger partial charge is 0.0434 e. The summed E-state index contributed by atoms with van der Waals surface area (Å²) in [5.41, 5.74) is 18.9. The summed E-state index contributed by atoms with van der Waals surface area (Å²) < 4.78 is 5.43. The van der Waals surface area contributed by atoms with Gasteiger partial charge in [-0.3, -0.25) is 0 Å². The summed E-state index contributed by atoms with van der Waals surface area (Å²) in [6, 6.07) is 60.1. The first kappa shape index (κ1) is 36.3. The molecule has 2 heteroatoms. The van der Waals surface area contributed by atoms with Crippen LogP contribution < -0.4 is 0 Å². The molecular weight excluding hydrogens is 749 g/mol. The lowest BCUT2D eigenvalue weighted by molar-refractivity contribution is 0.590. The Bertz CT molecular complexity index is 3060. The highest BCUT2D eigenvalue weighted by molar-refractivity contribution is 7.27. The van der Waals surface area contributed by atoms with Crippen molar-refractivity contribution in [2.45, 2.75) is 58.8 Å². The van der Waals surface area contributed by atoms with Gasteiger partial charge in [-0.25, -0.2) is 0 Å². The SMILES string of the molecule is CC(C)(C)c1ccc(-c2cccc3c2sc2c(-c4ccc5c(c4)-c4cc(-c6cccc7c6sc6c(-c8ccc(C(C)(C)C)cc8)cccc67)ccc4C5)cccc23)cc1. The van der Waals surface area contributed by atoms with Crippen LogP contribution in [0.25, 0.3) is 96.0 Å². The number of hydrogen-bond acceptors (Lipinski definition) is 2. The molecule has 0 N–H and O–H groups in total. The van der Waals surface area contributed by atoms with Gasteiger partial charge >= 0.3 is 0 Å². The maximum Gasteiger partial charge on any atom is 0.0434 e. The molecule has 0 aliphatic heterocycles. The Kier molecular flexibility index (Phi) is 8.22. The fourth-order valence-electron chi connectivity index (χ4n) is 9.35. The molecule has 0 fully saturated rings. The van der Waals surface area contributed by atoms with Gasteiger partial charge in [-0.05, 0) is 107 Å². The molecule has 286 valence electrons. The third-order valence-corrected chi connectivity index (χ3v) is 15.3. The quantitative estimate of drug-likeness (QED) is 0.166. The third kappa shape index (κ3) is 5.99. The van der Waals surface area contributed by atoms with Gasteiger partial charge in [-0.15, -0.1) is 22.7 Å². The zero-order valence-electron chi connectivity index (χ0n) is 34.5. The van der Waals surface area contributed by atoms with Crippen molar-refractivity contribution in [3.05, 3.63) is 180 Å². The summed E-state index contributed by atoms with van der Waals surface area (Å²) in [4.78, 5) is 0. The minimum atomic E-state index is 0.132. The van der Waals surface area contributed by atoms with Crippen molar-refractivity contribution in [2.75, 3.05) is 0 Å². The first-order valence-electron chi connectivity index (χ1n) is 20.9. The first-order chi connectivity index (χ1) is 28.5. The molecule has 1 aliphatic rings. The highest BCUT2D eigenvalue weighted by Gasteiger charge is 2.23. The van der Waals surface area contributed by atoms with E-state index in [0.717, 1.165) is 6.42 Å². The summed E-state index contributed by atoms with van der Waals surface area (Å²) in [7, 11) is 0. The van der Waals surface area contributed by atoms with E-state index >= 15 is 0 Å². The van der Waals surface area contributed by atoms with Crippen LogP contribution in [0.1, 0.15) is 63.8 Å². The van der Waals surface area contributed by atoms with E-state index in [1.807, 2.05) is 22.7 Å². The molecule has 0 nitrogen and oxygen atoms in total. The molecule has 0 saturated carbocycles. The molecule has 0 amide bonds. The van der Waals surface area contributed by atoms with Crippen LogP contribution >= 0.6 is 22.7 Å². The van der Waals surface area contributed by atoms with E-state index in [4.69, 9.17) is 0 Å². The minimum absolute atomic E-state index is 0.132. The van der Waals surface area contributed by atoms with Gasteiger partial charge in [-0.2, -0.15) is 0 Å². The van der Waals surface area contributed by atoms with Crippen LogP contribution in [0.4, 0.5) is 0 Å². The van der Waals surface area contributed by atoms with Crippen LogP contribution in [0.3, 0.4) is 0 Å². The highest BCUT2D eigenvalue weighted by atomic mass is 32.1. The lowest BCUT2D eigenvalue weighted by Gasteiger charge is -2.19. The van der Waals surface area contributed by atoms with Crippen molar-refractivity contribution >= 4 is 63.0 Å². The van der Waals surface area contributed by atoms with Crippen LogP contribution in [0.5, 0.6) is 0 Å². The summed E-state index contributed by atoms with van der Waals surface area (Å²) >= 11 is 3.88. The second-order valence-electron chi connectivity index (χ2n) is 18.5. The Morgan fingerprint density at radius 1 is 0.322 bits per heavy atom. The third-order valence-electron chi connectivity index (χ3n) is 12.7. The molecule has 59 heavy (non-hydrogen) atoms. The molecule has 1 aliphatic carbocycles. The zero-order chi connectivity index (χ0) is 40.2. The van der Waals surface area contributed by atoms with Gasteiger partial charge in [0.1, 0.15) is 0 Å². The Morgan fingerprint density at radius 3 is 0.949 bits per heavy atom. The molecule has 0 radical (unpaired) electrons. The van der Waals surface area contributed by atoms with Gasteiger partial charge in [0.25, 0.3) is 0 Å². The number of benzene rings is 8. The summed E-state index contributed by atoms with van der Waals surface area (Å²) in [5.74, 6) is 0. The van der Waals surface area contributed by atoms with Crippen LogP contribution in [0.2, 0.25) is 0 Å². The van der Waals surface area contributed by atoms with Crippen LogP contribution in [-0.4, -0.2) is 0 Å². The van der Waals surface area contributed by atoms with E-state index in [2.05, 4.69) is 199 Å². The van der Waals surface area contributed by atoms with E-state index in [1.165, 1.54) is 118 Å². The van der Waals surface area contributed by atoms with E-state index < -0.39 is 0 Å². The molecular formula is C57H46S2. The summed E-state index contributed by atoms with van der Waals surface area (Å²) in [6.45, 7) is 13.7. The van der Waals surface area contributed by atoms with Gasteiger partial charge in [0.15, 0.2) is 0 Å². The summed E-state index contributed by atoms with van der Waals surface area (Å²) in [6.07, 6.45) is 0.972. The fourth-order valence-corrected chi connectivity index (χ4v) is 12.1. The van der Waals surface area contributed by atoms with Crippen molar-refractivity contribution in [3.63, 3.8) is 0 Å². The molecule has 0 unspecified atom stereocenters. The van der Waals surface area contributed by atoms with Crippen molar-refractivity contribution in [1.29, 1.82) is 0 Å². The minimum Gasteiger partial charge on any atom is -0.134 e. The molecule has 0 saturated heterocycles. The van der Waals surface area contributed by atoms with Gasteiger partial charge in [0.05, 0.1) is 0 Å². The van der Waals surface area contributed by atoms with E-state index in [9.17, 15) is 0 Å². The Labute approximate surface area is 355 Å². The van der Waals surface area contributed by atoms with E-state index in [-0.39, 0.29) is 10.8 Å². The molecule has 8 aromatic carbocycles. The van der Waals surface area contributed by atoms with Crippen molar-refractivity contribution in [1.82, 2.24) is 0 Å². The number of hydrogen-bond donors (Lipinski definition) is 0. The van der Waals surface area contributed by atoms with Crippen LogP contribution in [0, 0.1) is 0 Å². The fraction of sp³-hybridized carbons (Fsp3) is 0.158. The molecule has 10 aromatic rings. The van der Waals surface area contributed by atoms with E-state index in [1.54, 1.807) is 0 Å². The molecule has 0 atom stereocenters. The number of fused-ring (bicyclic) bond motifs is 9. The average molecular weight is 795 g/mol. The molecule has 2 heterocycles. The largest absolute Gasteiger partial charge is 0.134 e. The molecule has 0 bridgehead atoms. The van der Waals surface area contributed by atoms with E-state index in [0.29, 0.717) is 0 Å². The van der Waals surface area contributed by atoms with Gasteiger partial charge in [0, 0.05) is 40.3 Å². The lowest BCUT2D eigenvalue weighted by atomic mass is 9.86. The predicted octanol–water partition coefficient (Wildman–Crippen LogP) is 17.3. The van der Waals surface area contributed by atoms with Crippen LogP contribution in [0.15, 0.2) is 158 Å². The monoisotopic (exact) mass is 794 g/mol. The molecule has 0 spiro atoms. The molecule has 2 aromatic heterocycles. The van der Waals surface area contributed by atoms with Crippen molar-refractivity contribution < 1.29 is 0 Å². The standard InChI is InChI=1S/C57H46S2/c1-56(2,3)40-27-23-34(24-28-40)42-11-7-15-46-48-17-9-13-44(54(48)58-52(42)46)38-21-19-36-31-37-20-22-39(33-51(37)50(36)32-38)45-14-10-18-49-47-16-8-12-43(53(47)59-55(45)49)35-25-29-41(30-26-35)57(4,5)6/h7-30,32-33H,31H2,1-6H3. The topological polar surface area (TPSA) is 0 Å². The predicted molar refractivity (Wildman–Crippen MR) is 260 cm³/mol. The second kappa shape index (κ2) is 13.4.